The minimum atomic E-state index is -3.71. The van der Waals surface area contributed by atoms with Crippen molar-refractivity contribution in [2.75, 3.05) is 32.4 Å². The van der Waals surface area contributed by atoms with E-state index in [-0.39, 0.29) is 21.1 Å². The van der Waals surface area contributed by atoms with E-state index in [1.54, 1.807) is 0 Å². The summed E-state index contributed by atoms with van der Waals surface area (Å²) < 4.78 is 40.4. The Balaban J connectivity index is 2.37. The second-order valence-electron chi connectivity index (χ2n) is 5.21. The summed E-state index contributed by atoms with van der Waals surface area (Å²) in [5.41, 5.74) is 5.63. The fourth-order valence-corrected chi connectivity index (χ4v) is 4.57. The lowest BCUT2D eigenvalue weighted by Gasteiger charge is -2.38. The molecule has 0 radical (unpaired) electrons. The lowest BCUT2D eigenvalue weighted by Crippen LogP contribution is -2.52. The first-order valence-electron chi connectivity index (χ1n) is 6.72. The monoisotopic (exact) mass is 379 g/mol. The maximum Gasteiger partial charge on any atom is 0.245 e. The zero-order chi connectivity index (χ0) is 15.8. The number of halogens is 2. The molecule has 0 amide bonds. The molecule has 0 spiro atoms. The minimum absolute atomic E-state index is 0.0461. The van der Waals surface area contributed by atoms with Crippen LogP contribution in [0.3, 0.4) is 0 Å². The Hall–Kier alpha value is -0.700. The van der Waals surface area contributed by atoms with Crippen LogP contribution in [-0.4, -0.2) is 50.3 Å². The van der Waals surface area contributed by atoms with Crippen molar-refractivity contribution >= 4 is 31.6 Å². The first-order valence-corrected chi connectivity index (χ1v) is 8.95. The highest BCUT2D eigenvalue weighted by Gasteiger charge is 2.33. The van der Waals surface area contributed by atoms with Gasteiger partial charge in [-0.25, -0.2) is 12.8 Å². The Morgan fingerprint density at radius 1 is 1.43 bits per heavy atom. The van der Waals surface area contributed by atoms with E-state index < -0.39 is 15.8 Å². The average Bonchev–Trinajstić information content (AvgIpc) is 2.43. The fourth-order valence-electron chi connectivity index (χ4n) is 2.48. The van der Waals surface area contributed by atoms with E-state index in [2.05, 4.69) is 20.8 Å². The fraction of sp³-hybridized carbons (Fsp3) is 0.538. The van der Waals surface area contributed by atoms with E-state index >= 15 is 0 Å². The number of nitrogens with zero attached hydrogens (tertiary/aromatic N) is 2. The van der Waals surface area contributed by atoms with Crippen LogP contribution in [0.5, 0.6) is 0 Å². The maximum atomic E-state index is 13.4. The Bertz CT molecular complexity index is 639. The van der Waals surface area contributed by atoms with E-state index in [9.17, 15) is 12.8 Å². The summed E-state index contributed by atoms with van der Waals surface area (Å²) in [6.07, 6.45) is 0.866. The molecular weight excluding hydrogens is 361 g/mol. The molecule has 1 fully saturated rings. The zero-order valence-corrected chi connectivity index (χ0v) is 14.4. The topological polar surface area (TPSA) is 66.6 Å². The van der Waals surface area contributed by atoms with Crippen LogP contribution >= 0.6 is 15.9 Å². The zero-order valence-electron chi connectivity index (χ0n) is 12.0. The number of hydrogen-bond acceptors (Lipinski definition) is 4. The van der Waals surface area contributed by atoms with Crippen LogP contribution in [-0.2, 0) is 10.0 Å². The molecule has 2 rings (SSSR count). The number of nitrogens with two attached hydrogens (primary N) is 1. The van der Waals surface area contributed by atoms with Crippen LogP contribution < -0.4 is 5.73 Å². The van der Waals surface area contributed by atoms with Gasteiger partial charge in [0.2, 0.25) is 10.0 Å². The van der Waals surface area contributed by atoms with Gasteiger partial charge in [0.1, 0.15) is 10.7 Å². The largest absolute Gasteiger partial charge is 0.398 e. The SMILES string of the molecule is CCC1CN(S(=O)(=O)c2cc(Br)c(F)cc2N)CCN1C. The summed E-state index contributed by atoms with van der Waals surface area (Å²) in [4.78, 5) is 2.10. The highest BCUT2D eigenvalue weighted by atomic mass is 79.9. The smallest absolute Gasteiger partial charge is 0.245 e. The molecule has 1 aliphatic heterocycles. The predicted molar refractivity (Wildman–Crippen MR) is 84.0 cm³/mol. The van der Waals surface area contributed by atoms with Gasteiger partial charge in [-0.3, -0.25) is 0 Å². The van der Waals surface area contributed by atoms with Gasteiger partial charge < -0.3 is 10.6 Å². The lowest BCUT2D eigenvalue weighted by atomic mass is 10.1. The van der Waals surface area contributed by atoms with Gasteiger partial charge in [-0.15, -0.1) is 0 Å². The standard InChI is InChI=1S/C13H19BrFN3O2S/c1-3-9-8-18(5-4-17(9)2)21(19,20)13-6-10(14)11(15)7-12(13)16/h6-7,9H,3-5,8,16H2,1-2H3. The van der Waals surface area contributed by atoms with E-state index in [0.717, 1.165) is 12.5 Å². The van der Waals surface area contributed by atoms with Gasteiger partial charge in [0.15, 0.2) is 0 Å². The number of likely N-dealkylation sites (N-methyl/N-ethyl adjacent to an activating group) is 1. The quantitative estimate of drug-likeness (QED) is 0.814. The third-order valence-electron chi connectivity index (χ3n) is 3.88. The van der Waals surface area contributed by atoms with Crippen molar-refractivity contribution in [3.05, 3.63) is 22.4 Å². The number of sulfonamides is 1. The highest BCUT2D eigenvalue weighted by Crippen LogP contribution is 2.29. The Morgan fingerprint density at radius 3 is 2.71 bits per heavy atom. The minimum Gasteiger partial charge on any atom is -0.398 e. The molecule has 1 aromatic carbocycles. The first-order chi connectivity index (χ1) is 9.77. The molecule has 21 heavy (non-hydrogen) atoms. The molecule has 1 atom stereocenters. The van der Waals surface area contributed by atoms with Crippen molar-refractivity contribution in [2.24, 2.45) is 0 Å². The highest BCUT2D eigenvalue weighted by molar-refractivity contribution is 9.10. The summed E-state index contributed by atoms with van der Waals surface area (Å²) in [6.45, 7) is 3.52. The van der Waals surface area contributed by atoms with Crippen LogP contribution in [0.15, 0.2) is 21.5 Å². The average molecular weight is 380 g/mol. The molecule has 2 N–H and O–H groups in total. The number of piperazine rings is 1. The van der Waals surface area contributed by atoms with Gasteiger partial charge >= 0.3 is 0 Å². The van der Waals surface area contributed by atoms with Crippen molar-refractivity contribution in [3.63, 3.8) is 0 Å². The second kappa shape index (κ2) is 6.20. The van der Waals surface area contributed by atoms with Crippen LogP contribution in [0.4, 0.5) is 10.1 Å². The van der Waals surface area contributed by atoms with Gasteiger partial charge in [0.05, 0.1) is 10.2 Å². The van der Waals surface area contributed by atoms with Gasteiger partial charge in [0, 0.05) is 25.7 Å². The van der Waals surface area contributed by atoms with Crippen molar-refractivity contribution in [1.29, 1.82) is 0 Å². The molecule has 118 valence electrons. The number of rotatable bonds is 3. The van der Waals surface area contributed by atoms with Gasteiger partial charge in [0.25, 0.3) is 0 Å². The molecule has 8 heteroatoms. The van der Waals surface area contributed by atoms with E-state index in [1.165, 1.54) is 10.4 Å². The van der Waals surface area contributed by atoms with Gasteiger partial charge in [-0.1, -0.05) is 6.92 Å². The van der Waals surface area contributed by atoms with Crippen molar-refractivity contribution < 1.29 is 12.8 Å². The van der Waals surface area contributed by atoms with E-state index in [0.29, 0.717) is 19.6 Å². The molecule has 0 aliphatic carbocycles. The van der Waals surface area contributed by atoms with Gasteiger partial charge in [-0.05, 0) is 41.5 Å². The van der Waals surface area contributed by atoms with Crippen LogP contribution in [0.1, 0.15) is 13.3 Å². The molecular formula is C13H19BrFN3O2S. The maximum absolute atomic E-state index is 13.4. The third-order valence-corrected chi connectivity index (χ3v) is 6.41. The summed E-state index contributed by atoms with van der Waals surface area (Å²) in [6, 6.07) is 2.45. The third kappa shape index (κ3) is 3.23. The molecule has 0 bridgehead atoms. The summed E-state index contributed by atoms with van der Waals surface area (Å²) in [5, 5.41) is 0. The second-order valence-corrected chi connectivity index (χ2v) is 7.97. The number of hydrogen-bond donors (Lipinski definition) is 1. The van der Waals surface area contributed by atoms with E-state index in [4.69, 9.17) is 5.73 Å². The summed E-state index contributed by atoms with van der Waals surface area (Å²) in [7, 11) is -1.73. The van der Waals surface area contributed by atoms with Crippen molar-refractivity contribution in [3.8, 4) is 0 Å². The molecule has 1 aromatic rings. The summed E-state index contributed by atoms with van der Waals surface area (Å²) in [5.74, 6) is -0.573. The van der Waals surface area contributed by atoms with Crippen molar-refractivity contribution in [2.45, 2.75) is 24.3 Å². The molecule has 1 heterocycles. The Morgan fingerprint density at radius 2 is 2.10 bits per heavy atom. The molecule has 1 unspecified atom stereocenters. The summed E-state index contributed by atoms with van der Waals surface area (Å²) >= 11 is 3.01. The molecule has 5 nitrogen and oxygen atoms in total. The van der Waals surface area contributed by atoms with Crippen LogP contribution in [0.25, 0.3) is 0 Å². The van der Waals surface area contributed by atoms with Crippen LogP contribution in [0, 0.1) is 5.82 Å². The molecule has 0 saturated carbocycles. The number of nitrogen functional groups attached to an aromatic ring is 1. The number of anilines is 1. The Labute approximate surface area is 133 Å². The Kier molecular flexibility index (Phi) is 4.92. The molecule has 0 aromatic heterocycles. The van der Waals surface area contributed by atoms with Crippen LogP contribution in [0.2, 0.25) is 0 Å². The van der Waals surface area contributed by atoms with Gasteiger partial charge in [-0.2, -0.15) is 4.31 Å². The number of benzene rings is 1. The lowest BCUT2D eigenvalue weighted by molar-refractivity contribution is 0.144. The predicted octanol–water partition coefficient (Wildman–Crippen LogP) is 1.89. The molecule has 1 saturated heterocycles. The van der Waals surface area contributed by atoms with Crippen molar-refractivity contribution in [1.82, 2.24) is 9.21 Å². The molecule has 1 aliphatic rings. The van der Waals surface area contributed by atoms with E-state index in [1.807, 2.05) is 14.0 Å². The first kappa shape index (κ1) is 16.7. The normalized spacial score (nSPS) is 21.6.